The lowest BCUT2D eigenvalue weighted by Crippen LogP contribution is -1.71. The van der Waals surface area contributed by atoms with Gasteiger partial charge in [0.25, 0.3) is 0 Å². The van der Waals surface area contributed by atoms with Gasteiger partial charge in [-0.2, -0.15) is 0 Å². The number of hydrogen-bond acceptors (Lipinski definition) is 3. The molecule has 0 aliphatic rings. The SMILES string of the molecule is [2H]C(C)ON=O. The lowest BCUT2D eigenvalue weighted by molar-refractivity contribution is 0.154. The first-order chi connectivity index (χ1) is 2.77. The van der Waals surface area contributed by atoms with Gasteiger partial charge in [0, 0.05) is 0 Å². The molecule has 0 radical (unpaired) electrons. The van der Waals surface area contributed by atoms with E-state index < -0.39 is 6.58 Å². The van der Waals surface area contributed by atoms with E-state index in [1.54, 1.807) is 0 Å². The summed E-state index contributed by atoms with van der Waals surface area (Å²) in [7, 11) is 0. The molecule has 0 aliphatic heterocycles. The fourth-order valence-electron chi connectivity index (χ4n) is 0.0430. The standard InChI is InChI=1S/C2H5NO2/c1-2-5-3-4/h2H2,1H3/i2D. The fraction of sp³-hybridized carbons (Fsp3) is 1.00. The Kier molecular flexibility index (Phi) is 1.79. The summed E-state index contributed by atoms with van der Waals surface area (Å²) in [6, 6.07) is 0. The minimum Gasteiger partial charge on any atom is -0.364 e. The van der Waals surface area contributed by atoms with Gasteiger partial charge in [-0.1, -0.05) is 0 Å². The highest BCUT2D eigenvalue weighted by Crippen LogP contribution is 1.65. The van der Waals surface area contributed by atoms with Crippen molar-refractivity contribution >= 4 is 0 Å². The highest BCUT2D eigenvalue weighted by atomic mass is 16.7. The maximum Gasteiger partial charge on any atom is 0.155 e. The molecule has 1 atom stereocenters. The highest BCUT2D eigenvalue weighted by molar-refractivity contribution is 4.01. The smallest absolute Gasteiger partial charge is 0.155 e. The molecular weight excluding hydrogens is 70.0 g/mol. The quantitative estimate of drug-likeness (QED) is 0.358. The van der Waals surface area contributed by atoms with Gasteiger partial charge in [0.15, 0.2) is 5.34 Å². The predicted octanol–water partition coefficient (Wildman–Crippen LogP) is 0.704. The summed E-state index contributed by atoms with van der Waals surface area (Å²) < 4.78 is 6.46. The van der Waals surface area contributed by atoms with E-state index in [1.165, 1.54) is 6.92 Å². The first kappa shape index (κ1) is 2.63. The van der Waals surface area contributed by atoms with Gasteiger partial charge in [-0.05, 0) is 6.92 Å². The maximum absolute atomic E-state index is 9.02. The lowest BCUT2D eigenvalue weighted by Gasteiger charge is -1.76. The second-order valence-corrected chi connectivity index (χ2v) is 0.416. The van der Waals surface area contributed by atoms with Crippen molar-refractivity contribution in [1.29, 1.82) is 0 Å². The zero-order valence-corrected chi connectivity index (χ0v) is 2.84. The van der Waals surface area contributed by atoms with Gasteiger partial charge < -0.3 is 4.84 Å². The van der Waals surface area contributed by atoms with E-state index in [9.17, 15) is 0 Å². The lowest BCUT2D eigenvalue weighted by atomic mass is 10.9. The summed E-state index contributed by atoms with van der Waals surface area (Å²) in [4.78, 5) is 12.8. The molecule has 3 heteroatoms. The summed E-state index contributed by atoms with van der Waals surface area (Å²) in [5.41, 5.74) is 0. The summed E-state index contributed by atoms with van der Waals surface area (Å²) in [6.45, 7) is 0.573. The Bertz CT molecular complexity index is 46.8. The van der Waals surface area contributed by atoms with E-state index in [0.29, 0.717) is 0 Å². The van der Waals surface area contributed by atoms with Crippen LogP contribution in [0.1, 0.15) is 8.29 Å². The fourth-order valence-corrected chi connectivity index (χ4v) is 0.0430. The third kappa shape index (κ3) is 3.40. The van der Waals surface area contributed by atoms with Crippen molar-refractivity contribution in [3.05, 3.63) is 4.91 Å². The van der Waals surface area contributed by atoms with Crippen molar-refractivity contribution < 1.29 is 6.21 Å². The van der Waals surface area contributed by atoms with Crippen molar-refractivity contribution in [3.63, 3.8) is 0 Å². The molecule has 0 rings (SSSR count). The number of rotatable bonds is 2. The third-order valence-electron chi connectivity index (χ3n) is 0.148. The molecule has 3 nitrogen and oxygen atoms in total. The van der Waals surface area contributed by atoms with Crippen LogP contribution in [0.3, 0.4) is 0 Å². The van der Waals surface area contributed by atoms with Crippen LogP contribution in [0.2, 0.25) is 0 Å². The van der Waals surface area contributed by atoms with Gasteiger partial charge in [0.05, 0.1) is 1.37 Å². The van der Waals surface area contributed by atoms with E-state index >= 15 is 0 Å². The molecule has 0 heterocycles. The van der Waals surface area contributed by atoms with Crippen LogP contribution in [0, 0.1) is 4.91 Å². The number of nitrogens with zero attached hydrogens (tertiary/aromatic N) is 1. The van der Waals surface area contributed by atoms with Crippen molar-refractivity contribution in [2.45, 2.75) is 6.92 Å². The van der Waals surface area contributed by atoms with E-state index in [-0.39, 0.29) is 0 Å². The van der Waals surface area contributed by atoms with Gasteiger partial charge >= 0.3 is 0 Å². The van der Waals surface area contributed by atoms with Crippen LogP contribution >= 0.6 is 0 Å². The average molecular weight is 76.1 g/mol. The van der Waals surface area contributed by atoms with Crippen LogP contribution < -0.4 is 0 Å². The van der Waals surface area contributed by atoms with Crippen molar-refractivity contribution in [1.82, 2.24) is 0 Å². The van der Waals surface area contributed by atoms with Crippen LogP contribution in [-0.4, -0.2) is 6.58 Å². The zero-order valence-electron chi connectivity index (χ0n) is 3.84. The normalized spacial score (nSPS) is 15.8. The highest BCUT2D eigenvalue weighted by Gasteiger charge is 1.62. The van der Waals surface area contributed by atoms with E-state index in [1.807, 2.05) is 5.34 Å². The summed E-state index contributed by atoms with van der Waals surface area (Å²) >= 11 is 0. The Hall–Kier alpha value is -0.600. The second kappa shape index (κ2) is 3.40. The summed E-state index contributed by atoms with van der Waals surface area (Å²) in [6.07, 6.45) is 0. The molecule has 0 aromatic rings. The largest absolute Gasteiger partial charge is 0.364 e. The Morgan fingerprint density at radius 2 is 3.00 bits per heavy atom. The molecular formula is C2H5NO2. The molecule has 0 aliphatic carbocycles. The van der Waals surface area contributed by atoms with Crippen LogP contribution in [0.4, 0.5) is 0 Å². The second-order valence-electron chi connectivity index (χ2n) is 0.416. The molecule has 0 saturated heterocycles. The van der Waals surface area contributed by atoms with Crippen LogP contribution in [-0.2, 0) is 4.84 Å². The molecule has 0 bridgehead atoms. The van der Waals surface area contributed by atoms with Gasteiger partial charge in [0.2, 0.25) is 0 Å². The average Bonchev–Trinajstić information content (AvgIpc) is 1.35. The van der Waals surface area contributed by atoms with E-state index in [0.717, 1.165) is 0 Å². The van der Waals surface area contributed by atoms with Gasteiger partial charge in [-0.3, -0.25) is 0 Å². The minimum absolute atomic E-state index is 0.831. The summed E-state index contributed by atoms with van der Waals surface area (Å²) in [5.74, 6) is 0. The Labute approximate surface area is 31.3 Å². The van der Waals surface area contributed by atoms with E-state index in [4.69, 9.17) is 6.28 Å². The van der Waals surface area contributed by atoms with E-state index in [2.05, 4.69) is 4.84 Å². The van der Waals surface area contributed by atoms with Crippen molar-refractivity contribution in [2.24, 2.45) is 5.34 Å². The van der Waals surface area contributed by atoms with Crippen LogP contribution in [0.25, 0.3) is 0 Å². The zero-order chi connectivity index (χ0) is 4.99. The third-order valence-corrected chi connectivity index (χ3v) is 0.148. The molecule has 0 saturated carbocycles. The monoisotopic (exact) mass is 76.0 g/mol. The molecule has 0 N–H and O–H groups in total. The molecule has 30 valence electrons. The maximum atomic E-state index is 9.02. The van der Waals surface area contributed by atoms with Gasteiger partial charge in [-0.25, -0.2) is 0 Å². The van der Waals surface area contributed by atoms with Crippen LogP contribution in [0.15, 0.2) is 5.34 Å². The first-order valence-electron chi connectivity index (χ1n) is 1.76. The van der Waals surface area contributed by atoms with Gasteiger partial charge in [-0.15, -0.1) is 4.91 Å². The minimum atomic E-state index is -0.831. The van der Waals surface area contributed by atoms with Crippen molar-refractivity contribution in [3.8, 4) is 0 Å². The van der Waals surface area contributed by atoms with Crippen LogP contribution in [0.5, 0.6) is 0 Å². The van der Waals surface area contributed by atoms with Gasteiger partial charge in [0.1, 0.15) is 6.58 Å². The molecule has 0 amide bonds. The Balaban J connectivity index is 2.81. The molecule has 0 aromatic heterocycles. The molecule has 0 spiro atoms. The molecule has 0 fully saturated rings. The first-order valence-corrected chi connectivity index (χ1v) is 1.18. The van der Waals surface area contributed by atoms with Crippen molar-refractivity contribution in [2.75, 3.05) is 6.58 Å². The predicted molar refractivity (Wildman–Crippen MR) is 17.4 cm³/mol. The number of hydrogen-bond donors (Lipinski definition) is 0. The topological polar surface area (TPSA) is 38.7 Å². The summed E-state index contributed by atoms with van der Waals surface area (Å²) in [5, 5.41) is 2.00. The molecule has 0 aromatic carbocycles. The molecule has 5 heavy (non-hydrogen) atoms. The Morgan fingerprint density at radius 1 is 2.40 bits per heavy atom. The Morgan fingerprint density at radius 3 is 3.00 bits per heavy atom. The molecule has 1 unspecified atom stereocenters.